The molecule has 0 fully saturated rings. The highest BCUT2D eigenvalue weighted by Gasteiger charge is 2.29. The van der Waals surface area contributed by atoms with Gasteiger partial charge in [0.1, 0.15) is 0 Å². The lowest BCUT2D eigenvalue weighted by atomic mass is 10.0. The first-order valence-corrected chi connectivity index (χ1v) is 30.0. The summed E-state index contributed by atoms with van der Waals surface area (Å²) in [4.78, 5) is 46.6. The second kappa shape index (κ2) is 22.5. The topological polar surface area (TPSA) is 129 Å². The Hall–Kier alpha value is -8.50. The highest BCUT2D eigenvalue weighted by molar-refractivity contribution is 5.79. The van der Waals surface area contributed by atoms with Gasteiger partial charge in [-0.15, -0.1) is 0 Å². The summed E-state index contributed by atoms with van der Waals surface area (Å²) in [5, 5.41) is 0. The van der Waals surface area contributed by atoms with Crippen molar-refractivity contribution in [3.8, 4) is 56.3 Å². The van der Waals surface area contributed by atoms with Crippen molar-refractivity contribution < 1.29 is 0 Å². The molecule has 0 radical (unpaired) electrons. The van der Waals surface area contributed by atoms with E-state index in [1.165, 1.54) is 156 Å². The number of hydrogen-bond donors (Lipinski definition) is 0. The Balaban J connectivity index is 0.000000111. The Bertz CT molecular complexity index is 4450. The third-order valence-electron chi connectivity index (χ3n) is 19.0. The summed E-state index contributed by atoms with van der Waals surface area (Å²) in [6.45, 7) is 42.5. The van der Waals surface area contributed by atoms with Gasteiger partial charge in [0.2, 0.25) is 0 Å². The van der Waals surface area contributed by atoms with Gasteiger partial charge >= 0.3 is 0 Å². The lowest BCUT2D eigenvalue weighted by molar-refractivity contribution is 1.05. The van der Waals surface area contributed by atoms with E-state index in [-0.39, 0.29) is 0 Å². The number of fused-ring (bicyclic) bond motifs is 15. The molecule has 10 heteroatoms. The van der Waals surface area contributed by atoms with Gasteiger partial charge in [-0.1, -0.05) is 12.1 Å². The highest BCUT2D eigenvalue weighted by atomic mass is 14.8. The Morgan fingerprint density at radius 1 is 0.282 bits per heavy atom. The van der Waals surface area contributed by atoms with Crippen molar-refractivity contribution in [1.29, 1.82) is 0 Å². The van der Waals surface area contributed by atoms with Crippen LogP contribution in [0.1, 0.15) is 168 Å². The van der Waals surface area contributed by atoms with E-state index >= 15 is 0 Å². The Morgan fingerprint density at radius 3 is 1.36 bits per heavy atom. The van der Waals surface area contributed by atoms with Crippen LogP contribution in [0.15, 0.2) is 61.1 Å². The Labute approximate surface area is 503 Å². The molecule has 0 N–H and O–H groups in total. The van der Waals surface area contributed by atoms with Crippen molar-refractivity contribution in [3.05, 3.63) is 230 Å². The maximum Gasteiger partial charge on any atom is 0.0765 e. The Kier molecular flexibility index (Phi) is 15.4. The molecule has 5 aliphatic carbocycles. The van der Waals surface area contributed by atoms with Crippen LogP contribution in [0.2, 0.25) is 0 Å². The lowest BCUT2D eigenvalue weighted by Gasteiger charge is -2.10. The number of nitrogens with zero attached hydrogens (tertiary/aromatic N) is 10. The van der Waals surface area contributed by atoms with Crippen LogP contribution in [0.4, 0.5) is 0 Å². The summed E-state index contributed by atoms with van der Waals surface area (Å²) in [6, 6.07) is 15.2. The minimum Gasteiger partial charge on any atom is -0.260 e. The minimum absolute atomic E-state index is 0.930. The first-order valence-electron chi connectivity index (χ1n) is 30.0. The molecule has 10 nitrogen and oxygen atoms in total. The fourth-order valence-corrected chi connectivity index (χ4v) is 12.9. The maximum atomic E-state index is 4.78. The van der Waals surface area contributed by atoms with Crippen LogP contribution in [-0.2, 0) is 32.1 Å². The van der Waals surface area contributed by atoms with Gasteiger partial charge in [0.15, 0.2) is 0 Å². The Morgan fingerprint density at radius 2 is 0.753 bits per heavy atom. The van der Waals surface area contributed by atoms with E-state index in [9.17, 15) is 0 Å². The summed E-state index contributed by atoms with van der Waals surface area (Å²) in [7, 11) is 0. The molecule has 85 heavy (non-hydrogen) atoms. The quantitative estimate of drug-likeness (QED) is 0.145. The molecule has 5 aliphatic rings. The number of aryl methyl sites for hydroxylation is 13. The lowest BCUT2D eigenvalue weighted by Crippen LogP contribution is -1.98. The van der Waals surface area contributed by atoms with Crippen molar-refractivity contribution in [1.82, 2.24) is 49.8 Å². The van der Waals surface area contributed by atoms with Gasteiger partial charge in [-0.3, -0.25) is 49.8 Å². The number of pyridine rings is 10. The van der Waals surface area contributed by atoms with E-state index in [2.05, 4.69) is 199 Å². The summed E-state index contributed by atoms with van der Waals surface area (Å²) in [5.41, 5.74) is 49.4. The summed E-state index contributed by atoms with van der Waals surface area (Å²) < 4.78 is 0. The van der Waals surface area contributed by atoms with Crippen LogP contribution in [0.3, 0.4) is 0 Å². The molecule has 10 heterocycles. The minimum atomic E-state index is 0.930. The number of rotatable bonds is 0. The predicted molar refractivity (Wildman–Crippen MR) is 346 cm³/mol. The van der Waals surface area contributed by atoms with Crippen molar-refractivity contribution in [3.63, 3.8) is 0 Å². The van der Waals surface area contributed by atoms with Crippen molar-refractivity contribution in [2.24, 2.45) is 0 Å². The van der Waals surface area contributed by atoms with E-state index in [1.54, 1.807) is 0 Å². The van der Waals surface area contributed by atoms with Gasteiger partial charge in [-0.25, -0.2) is 0 Å². The summed E-state index contributed by atoms with van der Waals surface area (Å²) >= 11 is 0. The molecule has 10 aromatic heterocycles. The molecule has 0 atom stereocenters. The van der Waals surface area contributed by atoms with Gasteiger partial charge in [0.05, 0.1) is 56.9 Å². The molecule has 0 unspecified atom stereocenters. The molecule has 0 aromatic carbocycles. The van der Waals surface area contributed by atoms with Gasteiger partial charge < -0.3 is 0 Å². The molecule has 430 valence electrons. The third-order valence-corrected chi connectivity index (χ3v) is 19.0. The fourth-order valence-electron chi connectivity index (χ4n) is 12.9. The van der Waals surface area contributed by atoms with Gasteiger partial charge in [-0.2, -0.15) is 0 Å². The van der Waals surface area contributed by atoms with Crippen LogP contribution in [-0.4, -0.2) is 49.8 Å². The zero-order valence-electron chi connectivity index (χ0n) is 53.8. The van der Waals surface area contributed by atoms with E-state index in [0.717, 1.165) is 100 Å². The smallest absolute Gasteiger partial charge is 0.0765 e. The van der Waals surface area contributed by atoms with Gasteiger partial charge in [0.25, 0.3) is 0 Å². The predicted octanol–water partition coefficient (Wildman–Crippen LogP) is 16.4. The zero-order chi connectivity index (χ0) is 60.8. The zero-order valence-corrected chi connectivity index (χ0v) is 53.8. The number of aromatic nitrogens is 10. The first kappa shape index (κ1) is 58.3. The second-order valence-corrected chi connectivity index (χ2v) is 24.7. The SMILES string of the molecule is Cc1cc(C)c2c(n1)Cc1cc(C)c(C)nc1-2.Cc1cc2c(nc1C)-c1c(ncc(C)c1C)C2.Cc1ccc2c(n1)Cc1c-2nc(C)c(C)c1C.Cc1ccnc2c1-c1nc(C)c(C)c(C)c1C2.Cc1cnc2c(c1)-c1nc(C)c(C)c(C)c1C2. The van der Waals surface area contributed by atoms with E-state index in [0.29, 0.717) is 0 Å². The van der Waals surface area contributed by atoms with E-state index in [1.807, 2.05) is 25.5 Å². The molecule has 0 spiro atoms. The van der Waals surface area contributed by atoms with Gasteiger partial charge in [-0.05, 0) is 269 Å². The fraction of sp³-hybridized carbons (Fsp3) is 0.333. The average molecular weight is 1120 g/mol. The monoisotopic (exact) mass is 1120 g/mol. The highest BCUT2D eigenvalue weighted by Crippen LogP contribution is 2.43. The molecule has 15 rings (SSSR count). The molecular formula is C75H80N10. The van der Waals surface area contributed by atoms with Crippen molar-refractivity contribution in [2.45, 2.75) is 171 Å². The number of hydrogen-bond acceptors (Lipinski definition) is 10. The molecule has 0 aliphatic heterocycles. The normalized spacial score (nSPS) is 12.5. The van der Waals surface area contributed by atoms with Crippen LogP contribution < -0.4 is 0 Å². The standard InChI is InChI=1S/5C15H16N2/c1-8-6-12-7-13-14(15(12)17-11(8)4)9(2)5-10(3)16-13;1-8-5-12-6-13-14(15(12)17-11(8)4)10(3)9(2)7-16-13;1-8-5-13-14(16-7-8)6-12-10(3)9(2)11(4)17-15(12)13;1-8-5-6-16-13-7-12-10(3)9(2)11(4)17-15(12)14(8)13;1-8-5-6-12-14(16-8)7-13-10(3)9(2)11(4)17-15(12)13/h5-6H,7H2,1-4H3;2*5,7H,6H2,1-4H3;2*5-6H,7H2,1-4H3. The maximum absolute atomic E-state index is 4.78. The molecule has 0 saturated heterocycles. The molecule has 0 saturated carbocycles. The second-order valence-electron chi connectivity index (χ2n) is 24.7. The van der Waals surface area contributed by atoms with Crippen LogP contribution in [0.5, 0.6) is 0 Å². The molecule has 0 bridgehead atoms. The van der Waals surface area contributed by atoms with Crippen LogP contribution in [0.25, 0.3) is 56.3 Å². The summed E-state index contributed by atoms with van der Waals surface area (Å²) in [6.07, 6.45) is 10.5. The first-order chi connectivity index (χ1) is 40.4. The van der Waals surface area contributed by atoms with Gasteiger partial charge in [0, 0.05) is 118 Å². The molecule has 10 aromatic rings. The van der Waals surface area contributed by atoms with Crippen LogP contribution in [0, 0.1) is 138 Å². The van der Waals surface area contributed by atoms with E-state index < -0.39 is 0 Å². The van der Waals surface area contributed by atoms with Crippen LogP contribution >= 0.6 is 0 Å². The third kappa shape index (κ3) is 10.6. The van der Waals surface area contributed by atoms with E-state index in [4.69, 9.17) is 24.9 Å². The summed E-state index contributed by atoms with van der Waals surface area (Å²) in [5.74, 6) is 0. The average Bonchev–Trinajstić information content (AvgIpc) is 2.20. The molecular weight excluding hydrogens is 1040 g/mol. The van der Waals surface area contributed by atoms with Crippen molar-refractivity contribution >= 4 is 0 Å². The molecule has 0 amide bonds. The van der Waals surface area contributed by atoms with Crippen molar-refractivity contribution in [2.75, 3.05) is 0 Å². The largest absolute Gasteiger partial charge is 0.260 e.